The van der Waals surface area contributed by atoms with Crippen molar-refractivity contribution >= 4 is 0 Å². The van der Waals surface area contributed by atoms with Crippen LogP contribution >= 0.6 is 0 Å². The van der Waals surface area contributed by atoms with Crippen molar-refractivity contribution in [2.24, 2.45) is 5.92 Å². The minimum absolute atomic E-state index is 0.614. The van der Waals surface area contributed by atoms with Gasteiger partial charge in [-0.1, -0.05) is 13.8 Å². The van der Waals surface area contributed by atoms with Crippen molar-refractivity contribution in [3.8, 4) is 0 Å². The molecule has 3 heteroatoms. The van der Waals surface area contributed by atoms with E-state index < -0.39 is 0 Å². The predicted molar refractivity (Wildman–Crippen MR) is 70.8 cm³/mol. The molecule has 3 nitrogen and oxygen atoms in total. The average Bonchev–Trinajstić information content (AvgIpc) is 2.21. The molecule has 0 aromatic heterocycles. The van der Waals surface area contributed by atoms with Crippen LogP contribution in [0.5, 0.6) is 0 Å². The summed E-state index contributed by atoms with van der Waals surface area (Å²) < 4.78 is 0. The highest BCUT2D eigenvalue weighted by atomic mass is 15.3. The Morgan fingerprint density at radius 3 is 2.06 bits per heavy atom. The zero-order valence-electron chi connectivity index (χ0n) is 11.8. The van der Waals surface area contributed by atoms with Gasteiger partial charge in [0.1, 0.15) is 0 Å². The van der Waals surface area contributed by atoms with Gasteiger partial charge in [-0.15, -0.1) is 0 Å². The summed E-state index contributed by atoms with van der Waals surface area (Å²) >= 11 is 0. The first-order valence-electron chi connectivity index (χ1n) is 6.57. The maximum atomic E-state index is 3.43. The Morgan fingerprint density at radius 1 is 1.19 bits per heavy atom. The van der Waals surface area contributed by atoms with Crippen molar-refractivity contribution in [2.45, 2.75) is 45.8 Å². The van der Waals surface area contributed by atoms with Crippen molar-refractivity contribution in [1.82, 2.24) is 15.1 Å². The van der Waals surface area contributed by atoms with Gasteiger partial charge in [0.2, 0.25) is 0 Å². The van der Waals surface area contributed by atoms with Gasteiger partial charge in [0.15, 0.2) is 0 Å². The second-order valence-electron chi connectivity index (χ2n) is 5.72. The standard InChI is InChI=1S/C13H29N3/c1-10(2)13(14-5)9-16-7-11(3)15(6)12(4)8-16/h10-14H,7-9H2,1-6H3. The summed E-state index contributed by atoms with van der Waals surface area (Å²) in [6, 6.07) is 1.96. The fourth-order valence-corrected chi connectivity index (χ4v) is 2.58. The Balaban J connectivity index is 2.49. The molecule has 0 bridgehead atoms. The van der Waals surface area contributed by atoms with E-state index >= 15 is 0 Å². The molecule has 3 atom stereocenters. The lowest BCUT2D eigenvalue weighted by atomic mass is 10.0. The second-order valence-corrected chi connectivity index (χ2v) is 5.72. The van der Waals surface area contributed by atoms with E-state index in [9.17, 15) is 0 Å². The summed E-state index contributed by atoms with van der Waals surface area (Å²) in [5.41, 5.74) is 0. The van der Waals surface area contributed by atoms with Crippen LogP contribution in [0.1, 0.15) is 27.7 Å². The molecule has 0 spiro atoms. The van der Waals surface area contributed by atoms with Gasteiger partial charge in [0.25, 0.3) is 0 Å². The first-order chi connectivity index (χ1) is 7.45. The van der Waals surface area contributed by atoms with Gasteiger partial charge < -0.3 is 5.32 Å². The summed E-state index contributed by atoms with van der Waals surface area (Å²) in [6.07, 6.45) is 0. The van der Waals surface area contributed by atoms with Crippen molar-refractivity contribution in [3.05, 3.63) is 0 Å². The highest BCUT2D eigenvalue weighted by molar-refractivity contribution is 4.85. The van der Waals surface area contributed by atoms with Gasteiger partial charge in [0.05, 0.1) is 0 Å². The molecule has 96 valence electrons. The number of hydrogen-bond donors (Lipinski definition) is 1. The molecule has 0 aliphatic carbocycles. The van der Waals surface area contributed by atoms with Crippen LogP contribution in [0.2, 0.25) is 0 Å². The summed E-state index contributed by atoms with van der Waals surface area (Å²) in [5, 5.41) is 3.43. The third-order valence-corrected chi connectivity index (χ3v) is 4.07. The van der Waals surface area contributed by atoms with E-state index in [-0.39, 0.29) is 0 Å². The maximum Gasteiger partial charge on any atom is 0.0214 e. The van der Waals surface area contributed by atoms with Crippen molar-refractivity contribution < 1.29 is 0 Å². The summed E-state index contributed by atoms with van der Waals surface area (Å²) in [6.45, 7) is 12.8. The first kappa shape index (κ1) is 13.9. The van der Waals surface area contributed by atoms with Gasteiger partial charge in [-0.25, -0.2) is 0 Å². The predicted octanol–water partition coefficient (Wildman–Crippen LogP) is 1.25. The number of nitrogens with one attached hydrogen (secondary N) is 1. The van der Waals surface area contributed by atoms with Crippen molar-refractivity contribution in [3.63, 3.8) is 0 Å². The van der Waals surface area contributed by atoms with E-state index in [0.29, 0.717) is 24.0 Å². The van der Waals surface area contributed by atoms with Crippen LogP contribution in [0.15, 0.2) is 0 Å². The highest BCUT2D eigenvalue weighted by Crippen LogP contribution is 2.14. The molecule has 0 aromatic rings. The zero-order chi connectivity index (χ0) is 12.3. The summed E-state index contributed by atoms with van der Waals surface area (Å²) in [5.74, 6) is 0.704. The first-order valence-corrected chi connectivity index (χ1v) is 6.57. The third-order valence-electron chi connectivity index (χ3n) is 4.07. The number of nitrogens with zero attached hydrogens (tertiary/aromatic N) is 2. The summed E-state index contributed by atoms with van der Waals surface area (Å²) in [4.78, 5) is 5.09. The van der Waals surface area contributed by atoms with Crippen molar-refractivity contribution in [1.29, 1.82) is 0 Å². The molecule has 1 aliphatic rings. The lowest BCUT2D eigenvalue weighted by molar-refractivity contribution is 0.0515. The highest BCUT2D eigenvalue weighted by Gasteiger charge is 2.27. The third kappa shape index (κ3) is 3.44. The number of piperazine rings is 1. The Kier molecular flexibility index (Phi) is 5.22. The van der Waals surface area contributed by atoms with Crippen LogP contribution in [0.4, 0.5) is 0 Å². The van der Waals surface area contributed by atoms with E-state index in [4.69, 9.17) is 0 Å². The van der Waals surface area contributed by atoms with Gasteiger partial charge in [0, 0.05) is 37.8 Å². The molecule has 0 radical (unpaired) electrons. The maximum absolute atomic E-state index is 3.43. The molecule has 1 N–H and O–H groups in total. The number of likely N-dealkylation sites (N-methyl/N-ethyl adjacent to an activating group) is 2. The minimum Gasteiger partial charge on any atom is -0.315 e. The van der Waals surface area contributed by atoms with Gasteiger partial charge in [-0.05, 0) is 33.9 Å². The van der Waals surface area contributed by atoms with E-state index in [1.165, 1.54) is 19.6 Å². The van der Waals surface area contributed by atoms with E-state index in [0.717, 1.165) is 0 Å². The molecule has 1 heterocycles. The van der Waals surface area contributed by atoms with Crippen LogP contribution in [-0.4, -0.2) is 61.7 Å². The molecular formula is C13H29N3. The second kappa shape index (κ2) is 5.99. The molecule has 3 unspecified atom stereocenters. The fourth-order valence-electron chi connectivity index (χ4n) is 2.58. The normalized spacial score (nSPS) is 30.9. The Hall–Kier alpha value is -0.120. The number of hydrogen-bond acceptors (Lipinski definition) is 3. The SMILES string of the molecule is CNC(CN1CC(C)N(C)C(C)C1)C(C)C. The van der Waals surface area contributed by atoms with Gasteiger partial charge >= 0.3 is 0 Å². The molecule has 1 fully saturated rings. The number of rotatable bonds is 4. The largest absolute Gasteiger partial charge is 0.315 e. The van der Waals surface area contributed by atoms with E-state index in [1.54, 1.807) is 0 Å². The van der Waals surface area contributed by atoms with E-state index in [2.05, 4.69) is 56.9 Å². The molecule has 0 amide bonds. The molecule has 1 rings (SSSR count). The summed E-state index contributed by atoms with van der Waals surface area (Å²) in [7, 11) is 4.32. The lowest BCUT2D eigenvalue weighted by Gasteiger charge is -2.43. The van der Waals surface area contributed by atoms with Gasteiger partial charge in [-0.2, -0.15) is 0 Å². The van der Waals surface area contributed by atoms with Crippen LogP contribution in [0.25, 0.3) is 0 Å². The average molecular weight is 227 g/mol. The lowest BCUT2D eigenvalue weighted by Crippen LogP contribution is -2.57. The molecule has 1 saturated heterocycles. The molecule has 0 aromatic carbocycles. The van der Waals surface area contributed by atoms with Crippen LogP contribution in [0.3, 0.4) is 0 Å². The quantitative estimate of drug-likeness (QED) is 0.780. The molecular weight excluding hydrogens is 198 g/mol. The molecule has 0 saturated carbocycles. The fraction of sp³-hybridized carbons (Fsp3) is 1.00. The van der Waals surface area contributed by atoms with Crippen LogP contribution < -0.4 is 5.32 Å². The Labute approximate surface area is 101 Å². The van der Waals surface area contributed by atoms with E-state index in [1.807, 2.05) is 0 Å². The topological polar surface area (TPSA) is 18.5 Å². The van der Waals surface area contributed by atoms with Crippen LogP contribution in [-0.2, 0) is 0 Å². The van der Waals surface area contributed by atoms with Gasteiger partial charge in [-0.3, -0.25) is 9.80 Å². The smallest absolute Gasteiger partial charge is 0.0214 e. The van der Waals surface area contributed by atoms with Crippen molar-refractivity contribution in [2.75, 3.05) is 33.7 Å². The molecule has 1 aliphatic heterocycles. The Morgan fingerprint density at radius 2 is 1.69 bits per heavy atom. The van der Waals surface area contributed by atoms with Crippen LogP contribution in [0, 0.1) is 5.92 Å². The zero-order valence-corrected chi connectivity index (χ0v) is 11.8. The monoisotopic (exact) mass is 227 g/mol. The minimum atomic E-state index is 0.614. The molecule has 16 heavy (non-hydrogen) atoms. The Bertz CT molecular complexity index is 193.